The minimum absolute atomic E-state index is 0.0927. The molecule has 0 aliphatic carbocycles. The van der Waals surface area contributed by atoms with Crippen LogP contribution in [0, 0.1) is 0 Å². The Morgan fingerprint density at radius 2 is 0.932 bits per heavy atom. The molecule has 246 valence electrons. The summed E-state index contributed by atoms with van der Waals surface area (Å²) >= 11 is 0. The van der Waals surface area contributed by atoms with Crippen LogP contribution in [0.2, 0.25) is 0 Å². The summed E-state index contributed by atoms with van der Waals surface area (Å²) < 4.78 is 30.2. The third kappa shape index (κ3) is 19.6. The average molecular weight is 626 g/mol. The van der Waals surface area contributed by atoms with E-state index >= 15 is 0 Å². The summed E-state index contributed by atoms with van der Waals surface area (Å²) in [5.74, 6) is -4.56. The lowest BCUT2D eigenvalue weighted by molar-refractivity contribution is -0.164. The van der Waals surface area contributed by atoms with Crippen molar-refractivity contribution in [1.29, 1.82) is 0 Å². The Bertz CT molecular complexity index is 935. The summed E-state index contributed by atoms with van der Waals surface area (Å²) in [6, 6.07) is 0. The number of Topliss-reactive ketones (excluding diaryl/α,β-unsaturated/α-hetero) is 1. The average Bonchev–Trinajstić information content (AvgIpc) is 2.95. The number of hydrogen-bond donors (Lipinski definition) is 1. The van der Waals surface area contributed by atoms with Gasteiger partial charge in [0.15, 0.2) is 12.2 Å². The Labute approximate surface area is 257 Å². The first-order valence-corrected chi connectivity index (χ1v) is 13.9. The maximum absolute atomic E-state index is 12.3. The molecule has 0 saturated heterocycles. The van der Waals surface area contributed by atoms with E-state index in [1.165, 1.54) is 20.8 Å². The number of unbranched alkanes of at least 4 members (excludes halogenated alkanes) is 4. The molecular formula is C30H43NO13. The molecule has 0 spiro atoms. The number of hydrogen-bond acceptors (Lipinski definition) is 13. The summed E-state index contributed by atoms with van der Waals surface area (Å²) in [6.45, 7) is 14.5. The van der Waals surface area contributed by atoms with Gasteiger partial charge in [0.2, 0.25) is 5.78 Å². The second-order valence-corrected chi connectivity index (χ2v) is 9.87. The molecule has 0 aromatic rings. The standard InChI is InChI=1S/C30H43NO13/c1-19(2)26(34)39-15-23(16-40-27(35)20(3)4)43-25(33)13-11-9-8-10-12-14-31-30(38)44-24(17-41-28(36)21(5)6)18-42-29(37)22(7)32/h23-24H,1,3,5,8-18H2,2,4,6-7H3,(H,31,38). The summed E-state index contributed by atoms with van der Waals surface area (Å²) in [6.07, 6.45) is 0.408. The van der Waals surface area contributed by atoms with Gasteiger partial charge in [0.25, 0.3) is 0 Å². The van der Waals surface area contributed by atoms with Crippen molar-refractivity contribution >= 4 is 41.7 Å². The maximum atomic E-state index is 12.3. The molecule has 1 amide bonds. The normalized spacial score (nSPS) is 10.9. The minimum atomic E-state index is -1.14. The van der Waals surface area contributed by atoms with Crippen molar-refractivity contribution in [2.24, 2.45) is 0 Å². The van der Waals surface area contributed by atoms with Gasteiger partial charge in [-0.05, 0) is 33.6 Å². The summed E-state index contributed by atoms with van der Waals surface area (Å²) in [5.41, 5.74) is 0.457. The molecule has 0 heterocycles. The summed E-state index contributed by atoms with van der Waals surface area (Å²) in [4.78, 5) is 81.8. The molecule has 0 radical (unpaired) electrons. The number of rotatable bonds is 22. The summed E-state index contributed by atoms with van der Waals surface area (Å²) in [5, 5.41) is 2.53. The Hall–Kier alpha value is -4.49. The van der Waals surface area contributed by atoms with Crippen molar-refractivity contribution in [2.75, 3.05) is 33.0 Å². The van der Waals surface area contributed by atoms with Crippen molar-refractivity contribution in [1.82, 2.24) is 5.32 Å². The lowest BCUT2D eigenvalue weighted by Gasteiger charge is -2.18. The first-order valence-electron chi connectivity index (χ1n) is 13.9. The third-order valence-electron chi connectivity index (χ3n) is 5.33. The number of carbonyl (C=O) groups is 7. The number of amides is 1. The zero-order chi connectivity index (χ0) is 33.7. The van der Waals surface area contributed by atoms with Crippen LogP contribution in [-0.2, 0) is 57.2 Å². The Morgan fingerprint density at radius 3 is 1.36 bits per heavy atom. The lowest BCUT2D eigenvalue weighted by atomic mass is 10.1. The predicted octanol–water partition coefficient (Wildman–Crippen LogP) is 2.82. The first-order chi connectivity index (χ1) is 20.6. The highest BCUT2D eigenvalue weighted by Gasteiger charge is 2.22. The van der Waals surface area contributed by atoms with E-state index in [-0.39, 0.29) is 42.9 Å². The molecule has 0 aliphatic heterocycles. The summed E-state index contributed by atoms with van der Waals surface area (Å²) in [7, 11) is 0. The first kappa shape index (κ1) is 39.5. The van der Waals surface area contributed by atoms with Crippen LogP contribution in [0.3, 0.4) is 0 Å². The molecule has 0 saturated carbocycles. The van der Waals surface area contributed by atoms with Gasteiger partial charge in [-0.25, -0.2) is 24.0 Å². The molecule has 0 bridgehead atoms. The highest BCUT2D eigenvalue weighted by molar-refractivity contribution is 6.32. The molecule has 0 fully saturated rings. The van der Waals surface area contributed by atoms with Gasteiger partial charge in [-0.15, -0.1) is 0 Å². The monoisotopic (exact) mass is 625 g/mol. The zero-order valence-electron chi connectivity index (χ0n) is 25.9. The molecule has 44 heavy (non-hydrogen) atoms. The second-order valence-electron chi connectivity index (χ2n) is 9.87. The lowest BCUT2D eigenvalue weighted by Crippen LogP contribution is -2.36. The van der Waals surface area contributed by atoms with E-state index in [9.17, 15) is 33.6 Å². The van der Waals surface area contributed by atoms with Crippen LogP contribution in [0.4, 0.5) is 4.79 Å². The topological polar surface area (TPSA) is 187 Å². The van der Waals surface area contributed by atoms with Crippen molar-refractivity contribution in [3.8, 4) is 0 Å². The van der Waals surface area contributed by atoms with E-state index in [0.29, 0.717) is 19.3 Å². The largest absolute Gasteiger partial charge is 0.458 e. The predicted molar refractivity (Wildman–Crippen MR) is 155 cm³/mol. The van der Waals surface area contributed by atoms with Gasteiger partial charge >= 0.3 is 35.9 Å². The Kier molecular flexibility index (Phi) is 19.8. The van der Waals surface area contributed by atoms with Gasteiger partial charge in [-0.3, -0.25) is 9.59 Å². The zero-order valence-corrected chi connectivity index (χ0v) is 25.9. The Morgan fingerprint density at radius 1 is 0.545 bits per heavy atom. The SMILES string of the molecule is C=C(C)C(=O)OCC(COC(=O)C(=C)C)OC(=O)CCCCCCCNC(=O)OC(COC(=O)C(=C)C)COC(=O)C(C)=O. The van der Waals surface area contributed by atoms with Gasteiger partial charge in [-0.2, -0.15) is 0 Å². The van der Waals surface area contributed by atoms with E-state index in [1.54, 1.807) is 0 Å². The van der Waals surface area contributed by atoms with Gasteiger partial charge in [0.1, 0.15) is 26.4 Å². The van der Waals surface area contributed by atoms with Gasteiger partial charge < -0.3 is 33.7 Å². The maximum Gasteiger partial charge on any atom is 0.407 e. The Balaban J connectivity index is 4.42. The molecule has 1 unspecified atom stereocenters. The molecule has 14 heteroatoms. The van der Waals surface area contributed by atoms with E-state index in [2.05, 4.69) is 25.1 Å². The minimum Gasteiger partial charge on any atom is -0.458 e. The van der Waals surface area contributed by atoms with Crippen molar-refractivity contribution in [3.05, 3.63) is 36.5 Å². The van der Waals surface area contributed by atoms with Crippen LogP contribution in [0.15, 0.2) is 36.5 Å². The van der Waals surface area contributed by atoms with Crippen molar-refractivity contribution in [3.63, 3.8) is 0 Å². The van der Waals surface area contributed by atoms with Crippen molar-refractivity contribution < 1.29 is 62.0 Å². The van der Waals surface area contributed by atoms with Gasteiger partial charge in [0, 0.05) is 36.6 Å². The second kappa shape index (κ2) is 22.1. The number of nitrogens with one attached hydrogen (secondary N) is 1. The van der Waals surface area contributed by atoms with E-state index < -0.39 is 67.1 Å². The number of ether oxygens (including phenoxy) is 6. The van der Waals surface area contributed by atoms with Crippen molar-refractivity contribution in [2.45, 2.75) is 78.4 Å². The highest BCUT2D eigenvalue weighted by Crippen LogP contribution is 2.09. The van der Waals surface area contributed by atoms with Gasteiger partial charge in [0.05, 0.1) is 0 Å². The smallest absolute Gasteiger partial charge is 0.407 e. The quantitative estimate of drug-likeness (QED) is 0.0609. The number of carbonyl (C=O) groups excluding carboxylic acids is 7. The fraction of sp³-hybridized carbons (Fsp3) is 0.567. The number of alkyl carbamates (subject to hydrolysis) is 1. The van der Waals surface area contributed by atoms with E-state index in [1.807, 2.05) is 0 Å². The van der Waals surface area contributed by atoms with Crippen LogP contribution < -0.4 is 5.32 Å². The molecule has 1 N–H and O–H groups in total. The molecule has 0 aromatic heterocycles. The van der Waals surface area contributed by atoms with E-state index in [4.69, 9.17) is 28.4 Å². The molecule has 0 rings (SSSR count). The van der Waals surface area contributed by atoms with Crippen LogP contribution in [0.1, 0.15) is 66.2 Å². The fourth-order valence-electron chi connectivity index (χ4n) is 2.93. The molecule has 14 nitrogen and oxygen atoms in total. The van der Waals surface area contributed by atoms with Crippen LogP contribution in [-0.4, -0.2) is 86.9 Å². The van der Waals surface area contributed by atoms with Crippen LogP contribution >= 0.6 is 0 Å². The van der Waals surface area contributed by atoms with E-state index in [0.717, 1.165) is 19.8 Å². The third-order valence-corrected chi connectivity index (χ3v) is 5.33. The number of ketones is 1. The van der Waals surface area contributed by atoms with Crippen LogP contribution in [0.5, 0.6) is 0 Å². The molecular weight excluding hydrogens is 582 g/mol. The molecule has 0 aliphatic rings. The number of esters is 5. The van der Waals surface area contributed by atoms with Gasteiger partial charge in [-0.1, -0.05) is 39.0 Å². The molecule has 0 aromatic carbocycles. The highest BCUT2D eigenvalue weighted by atomic mass is 16.6. The fourth-order valence-corrected chi connectivity index (χ4v) is 2.93. The van der Waals surface area contributed by atoms with Crippen LogP contribution in [0.25, 0.3) is 0 Å². The molecule has 1 atom stereocenters.